The van der Waals surface area contributed by atoms with Gasteiger partial charge in [0.15, 0.2) is 0 Å². The second kappa shape index (κ2) is 5.98. The third-order valence-electron chi connectivity index (χ3n) is 2.43. The van der Waals surface area contributed by atoms with Crippen molar-refractivity contribution >= 4 is 15.9 Å². The molecule has 0 spiro atoms. The van der Waals surface area contributed by atoms with Crippen LogP contribution in [-0.4, -0.2) is 12.1 Å². The van der Waals surface area contributed by atoms with E-state index < -0.39 is 0 Å². The highest BCUT2D eigenvalue weighted by Gasteiger charge is 2.02. The second-order valence-electron chi connectivity index (χ2n) is 3.90. The van der Waals surface area contributed by atoms with E-state index in [1.54, 1.807) is 7.11 Å². The van der Waals surface area contributed by atoms with Gasteiger partial charge in [-0.1, -0.05) is 12.1 Å². The Kier molecular flexibility index (Phi) is 4.33. The monoisotopic (exact) mass is 307 g/mol. The second-order valence-corrected chi connectivity index (χ2v) is 4.75. The summed E-state index contributed by atoms with van der Waals surface area (Å²) in [6.45, 7) is 2.50. The van der Waals surface area contributed by atoms with Crippen LogP contribution in [0.15, 0.2) is 40.9 Å². The Hall–Kier alpha value is -1.39. The van der Waals surface area contributed by atoms with Crippen LogP contribution < -0.4 is 4.74 Å². The van der Waals surface area contributed by atoms with Crippen molar-refractivity contribution in [2.24, 2.45) is 0 Å². The topological polar surface area (TPSA) is 31.4 Å². The molecule has 2 rings (SSSR count). The number of aryl methyl sites for hydroxylation is 1. The van der Waals surface area contributed by atoms with Crippen LogP contribution in [0.1, 0.15) is 11.3 Å². The van der Waals surface area contributed by atoms with E-state index in [0.29, 0.717) is 12.5 Å². The highest BCUT2D eigenvalue weighted by atomic mass is 79.9. The first-order chi connectivity index (χ1) is 8.69. The lowest BCUT2D eigenvalue weighted by atomic mass is 10.2. The van der Waals surface area contributed by atoms with Crippen molar-refractivity contribution in [1.29, 1.82) is 0 Å². The van der Waals surface area contributed by atoms with Gasteiger partial charge in [-0.05, 0) is 46.6 Å². The molecule has 0 N–H and O–H groups in total. The van der Waals surface area contributed by atoms with Gasteiger partial charge in [0.05, 0.1) is 12.3 Å². The molecule has 2 aromatic rings. The molecule has 18 heavy (non-hydrogen) atoms. The predicted octanol–water partition coefficient (Wildman–Crippen LogP) is 4.09. The number of hydrogen-bond acceptors (Lipinski definition) is 3. The Morgan fingerprint density at radius 3 is 2.78 bits per heavy atom. The van der Waals surface area contributed by atoms with Crippen LogP contribution in [0.5, 0.6) is 11.6 Å². The molecular formula is C14H14BrNO2. The number of benzene rings is 1. The van der Waals surface area contributed by atoms with Crippen LogP contribution in [0.25, 0.3) is 0 Å². The van der Waals surface area contributed by atoms with Gasteiger partial charge in [-0.15, -0.1) is 0 Å². The minimum absolute atomic E-state index is 0.573. The van der Waals surface area contributed by atoms with E-state index in [4.69, 9.17) is 9.47 Å². The van der Waals surface area contributed by atoms with Crippen molar-refractivity contribution in [2.45, 2.75) is 13.5 Å². The molecule has 0 bridgehead atoms. The normalized spacial score (nSPS) is 10.4. The summed E-state index contributed by atoms with van der Waals surface area (Å²) < 4.78 is 11.8. The maximum absolute atomic E-state index is 5.71. The number of rotatable bonds is 4. The third kappa shape index (κ3) is 3.31. The van der Waals surface area contributed by atoms with Gasteiger partial charge in [0.1, 0.15) is 5.75 Å². The molecule has 0 aliphatic rings. The van der Waals surface area contributed by atoms with Gasteiger partial charge < -0.3 is 9.47 Å². The number of nitrogens with zero attached hydrogens (tertiary/aromatic N) is 1. The fourth-order valence-electron chi connectivity index (χ4n) is 1.56. The largest absolute Gasteiger partial charge is 0.439 e. The highest BCUT2D eigenvalue weighted by Crippen LogP contribution is 2.23. The summed E-state index contributed by atoms with van der Waals surface area (Å²) in [4.78, 5) is 4.34. The molecule has 1 heterocycles. The molecule has 1 aromatic carbocycles. The van der Waals surface area contributed by atoms with E-state index in [0.717, 1.165) is 21.5 Å². The van der Waals surface area contributed by atoms with E-state index in [1.165, 1.54) is 0 Å². The number of methoxy groups -OCH3 is 1. The fourth-order valence-corrected chi connectivity index (χ4v) is 1.78. The first-order valence-corrected chi connectivity index (χ1v) is 6.37. The van der Waals surface area contributed by atoms with Crippen molar-refractivity contribution < 1.29 is 9.47 Å². The molecule has 4 heteroatoms. The highest BCUT2D eigenvalue weighted by molar-refractivity contribution is 9.10. The number of ether oxygens (including phenoxy) is 2. The molecule has 0 atom stereocenters. The Labute approximate surface area is 115 Å². The minimum Gasteiger partial charge on any atom is -0.439 e. The summed E-state index contributed by atoms with van der Waals surface area (Å²) in [7, 11) is 1.67. The molecule has 1 aromatic heterocycles. The van der Waals surface area contributed by atoms with Gasteiger partial charge in [0.2, 0.25) is 5.88 Å². The third-order valence-corrected chi connectivity index (χ3v) is 3.27. The molecule has 3 nitrogen and oxygen atoms in total. The van der Waals surface area contributed by atoms with E-state index in [2.05, 4.69) is 20.9 Å². The van der Waals surface area contributed by atoms with Crippen LogP contribution in [0.4, 0.5) is 0 Å². The number of hydrogen-bond donors (Lipinski definition) is 0. The van der Waals surface area contributed by atoms with Crippen LogP contribution in [0.3, 0.4) is 0 Å². The summed E-state index contributed by atoms with van der Waals surface area (Å²) in [5, 5.41) is 0. The average molecular weight is 308 g/mol. The zero-order valence-corrected chi connectivity index (χ0v) is 11.9. The summed E-state index contributed by atoms with van der Waals surface area (Å²) in [5.41, 5.74) is 1.98. The van der Waals surface area contributed by atoms with Crippen LogP contribution in [0.2, 0.25) is 0 Å². The molecule has 0 amide bonds. The van der Waals surface area contributed by atoms with Crippen LogP contribution in [-0.2, 0) is 11.3 Å². The lowest BCUT2D eigenvalue weighted by molar-refractivity contribution is 0.184. The maximum Gasteiger partial charge on any atom is 0.219 e. The summed E-state index contributed by atoms with van der Waals surface area (Å²) >= 11 is 3.41. The molecule has 94 valence electrons. The molecule has 0 saturated heterocycles. The lowest BCUT2D eigenvalue weighted by Gasteiger charge is -2.07. The Morgan fingerprint density at radius 1 is 1.22 bits per heavy atom. The Bertz CT molecular complexity index is 543. The van der Waals surface area contributed by atoms with Crippen molar-refractivity contribution in [2.75, 3.05) is 7.11 Å². The van der Waals surface area contributed by atoms with Crippen LogP contribution >= 0.6 is 15.9 Å². The van der Waals surface area contributed by atoms with Crippen molar-refractivity contribution in [3.05, 3.63) is 52.1 Å². The number of pyridine rings is 1. The summed E-state index contributed by atoms with van der Waals surface area (Å²) in [5.74, 6) is 1.35. The Morgan fingerprint density at radius 2 is 2.06 bits per heavy atom. The van der Waals surface area contributed by atoms with Gasteiger partial charge >= 0.3 is 0 Å². The van der Waals surface area contributed by atoms with Gasteiger partial charge in [-0.2, -0.15) is 0 Å². The van der Waals surface area contributed by atoms with E-state index in [9.17, 15) is 0 Å². The zero-order chi connectivity index (χ0) is 13.0. The molecule has 0 unspecified atom stereocenters. The Balaban J connectivity index is 2.17. The molecule has 0 radical (unpaired) electrons. The molecule has 0 saturated carbocycles. The zero-order valence-electron chi connectivity index (χ0n) is 10.3. The molecular weight excluding hydrogens is 294 g/mol. The molecule has 0 aliphatic heterocycles. The smallest absolute Gasteiger partial charge is 0.219 e. The van der Waals surface area contributed by atoms with E-state index >= 15 is 0 Å². The summed E-state index contributed by atoms with van der Waals surface area (Å²) in [6, 6.07) is 11.5. The molecule has 0 fully saturated rings. The van der Waals surface area contributed by atoms with Crippen LogP contribution in [0, 0.1) is 6.92 Å². The van der Waals surface area contributed by atoms with Gasteiger partial charge in [-0.25, -0.2) is 4.98 Å². The molecule has 0 aliphatic carbocycles. The quantitative estimate of drug-likeness (QED) is 0.852. The first kappa shape index (κ1) is 13.1. The SMILES string of the molecule is COCc1cccc(Oc2ccc(Br)c(C)n2)c1. The lowest BCUT2D eigenvalue weighted by Crippen LogP contribution is -1.92. The van der Waals surface area contributed by atoms with Gasteiger partial charge in [0.25, 0.3) is 0 Å². The van der Waals surface area contributed by atoms with Crippen molar-refractivity contribution in [3.63, 3.8) is 0 Å². The van der Waals surface area contributed by atoms with E-state index in [1.807, 2.05) is 43.3 Å². The maximum atomic E-state index is 5.71. The predicted molar refractivity (Wildman–Crippen MR) is 73.9 cm³/mol. The standard InChI is InChI=1S/C14H14BrNO2/c1-10-13(15)6-7-14(16-10)18-12-5-3-4-11(8-12)9-17-2/h3-8H,9H2,1-2H3. The first-order valence-electron chi connectivity index (χ1n) is 5.58. The van der Waals surface area contributed by atoms with Gasteiger partial charge in [0, 0.05) is 17.6 Å². The fraction of sp³-hybridized carbons (Fsp3) is 0.214. The van der Waals surface area contributed by atoms with Gasteiger partial charge in [-0.3, -0.25) is 0 Å². The van der Waals surface area contributed by atoms with Crippen molar-refractivity contribution in [3.8, 4) is 11.6 Å². The number of aromatic nitrogens is 1. The summed E-state index contributed by atoms with van der Waals surface area (Å²) in [6.07, 6.45) is 0. The van der Waals surface area contributed by atoms with E-state index in [-0.39, 0.29) is 0 Å². The number of halogens is 1. The minimum atomic E-state index is 0.573. The average Bonchev–Trinajstić information content (AvgIpc) is 2.35. The van der Waals surface area contributed by atoms with Crippen molar-refractivity contribution in [1.82, 2.24) is 4.98 Å².